The molecule has 2 rings (SSSR count). The van der Waals surface area contributed by atoms with E-state index in [1.807, 2.05) is 36.4 Å². The maximum Gasteiger partial charge on any atom is 0.221 e. The summed E-state index contributed by atoms with van der Waals surface area (Å²) < 4.78 is 5.22. The summed E-state index contributed by atoms with van der Waals surface area (Å²) in [4.78, 5) is 15.8. The highest BCUT2D eigenvalue weighted by molar-refractivity contribution is 5.88. The number of benzene rings is 2. The van der Waals surface area contributed by atoms with Crippen LogP contribution in [0.2, 0.25) is 0 Å². The van der Waals surface area contributed by atoms with Crippen molar-refractivity contribution in [2.45, 2.75) is 39.5 Å². The number of ether oxygens (including phenoxy) is 1. The van der Waals surface area contributed by atoms with Gasteiger partial charge in [0.1, 0.15) is 5.75 Å². The van der Waals surface area contributed by atoms with Crippen molar-refractivity contribution in [2.24, 2.45) is 4.99 Å². The lowest BCUT2D eigenvalue weighted by Crippen LogP contribution is -2.38. The summed E-state index contributed by atoms with van der Waals surface area (Å²) in [5.74, 6) is 2.10. The van der Waals surface area contributed by atoms with Gasteiger partial charge in [0.05, 0.1) is 7.11 Å². The van der Waals surface area contributed by atoms with E-state index in [9.17, 15) is 4.79 Å². The zero-order valence-corrected chi connectivity index (χ0v) is 18.5. The first-order chi connectivity index (χ1) is 14.5. The van der Waals surface area contributed by atoms with Gasteiger partial charge in [-0.2, -0.15) is 0 Å². The van der Waals surface area contributed by atoms with Crippen LogP contribution < -0.4 is 20.7 Å². The van der Waals surface area contributed by atoms with Crippen LogP contribution in [0, 0.1) is 0 Å². The number of guanidine groups is 1. The van der Waals surface area contributed by atoms with Crippen LogP contribution in [0.15, 0.2) is 53.5 Å². The van der Waals surface area contributed by atoms with Crippen molar-refractivity contribution in [1.29, 1.82) is 0 Å². The molecular formula is C24H34N4O2. The number of hydrogen-bond acceptors (Lipinski definition) is 3. The Morgan fingerprint density at radius 2 is 1.77 bits per heavy atom. The van der Waals surface area contributed by atoms with E-state index in [0.717, 1.165) is 49.9 Å². The van der Waals surface area contributed by atoms with E-state index in [1.165, 1.54) is 18.1 Å². The largest absolute Gasteiger partial charge is 0.497 e. The third kappa shape index (κ3) is 8.15. The van der Waals surface area contributed by atoms with Gasteiger partial charge in [-0.25, -0.2) is 0 Å². The van der Waals surface area contributed by atoms with Crippen LogP contribution in [-0.4, -0.2) is 38.6 Å². The minimum Gasteiger partial charge on any atom is -0.497 e. The quantitative estimate of drug-likeness (QED) is 0.410. The number of nitrogens with zero attached hydrogens (tertiary/aromatic N) is 1. The highest BCUT2D eigenvalue weighted by Gasteiger charge is 2.06. The minimum atomic E-state index is -0.0581. The second-order valence-electron chi connectivity index (χ2n) is 7.28. The van der Waals surface area contributed by atoms with Crippen molar-refractivity contribution >= 4 is 17.6 Å². The number of aliphatic imine (C=N–C) groups is 1. The molecule has 0 saturated heterocycles. The minimum absolute atomic E-state index is 0.0581. The fourth-order valence-electron chi connectivity index (χ4n) is 3.09. The second kappa shape index (κ2) is 12.5. The number of nitrogens with one attached hydrogen (secondary N) is 3. The molecule has 30 heavy (non-hydrogen) atoms. The molecule has 0 heterocycles. The molecule has 3 N–H and O–H groups in total. The van der Waals surface area contributed by atoms with E-state index in [4.69, 9.17) is 9.73 Å². The van der Waals surface area contributed by atoms with Crippen LogP contribution in [0.25, 0.3) is 0 Å². The second-order valence-corrected chi connectivity index (χ2v) is 7.28. The molecule has 2 aromatic carbocycles. The first-order valence-corrected chi connectivity index (χ1v) is 10.5. The number of amides is 1. The Bertz CT molecular complexity index is 801. The van der Waals surface area contributed by atoms with E-state index in [1.54, 1.807) is 7.11 Å². The number of methoxy groups -OCH3 is 1. The van der Waals surface area contributed by atoms with E-state index in [2.05, 4.69) is 41.9 Å². The summed E-state index contributed by atoms with van der Waals surface area (Å²) in [6.07, 6.45) is 1.86. The maximum atomic E-state index is 11.1. The molecule has 6 heteroatoms. The lowest BCUT2D eigenvalue weighted by molar-refractivity contribution is -0.114. The lowest BCUT2D eigenvalue weighted by atomic mass is 9.98. The average molecular weight is 411 g/mol. The zero-order valence-electron chi connectivity index (χ0n) is 18.5. The molecule has 0 radical (unpaired) electrons. The van der Waals surface area contributed by atoms with Crippen molar-refractivity contribution in [3.8, 4) is 5.75 Å². The van der Waals surface area contributed by atoms with Gasteiger partial charge < -0.3 is 20.7 Å². The fraction of sp³-hybridized carbons (Fsp3) is 0.417. The number of anilines is 1. The highest BCUT2D eigenvalue weighted by atomic mass is 16.5. The summed E-state index contributed by atoms with van der Waals surface area (Å²) in [7, 11) is 1.68. The predicted octanol–water partition coefficient (Wildman–Crippen LogP) is 3.95. The van der Waals surface area contributed by atoms with Crippen molar-refractivity contribution in [3.63, 3.8) is 0 Å². The van der Waals surface area contributed by atoms with Crippen LogP contribution in [0.3, 0.4) is 0 Å². The topological polar surface area (TPSA) is 74.8 Å². The summed E-state index contributed by atoms with van der Waals surface area (Å²) in [6.45, 7) is 8.18. The van der Waals surface area contributed by atoms with Gasteiger partial charge in [-0.1, -0.05) is 31.2 Å². The third-order valence-corrected chi connectivity index (χ3v) is 4.84. The van der Waals surface area contributed by atoms with Crippen LogP contribution >= 0.6 is 0 Å². The van der Waals surface area contributed by atoms with Gasteiger partial charge in [-0.3, -0.25) is 9.79 Å². The number of carbonyl (C=O) groups excluding carboxylic acids is 1. The fourth-order valence-corrected chi connectivity index (χ4v) is 3.09. The molecule has 0 aliphatic heterocycles. The Labute approximate surface area is 180 Å². The molecule has 0 aliphatic rings. The first kappa shape index (κ1) is 23.3. The Kier molecular flexibility index (Phi) is 9.71. The summed E-state index contributed by atoms with van der Waals surface area (Å²) in [5, 5.41) is 9.48. The number of carbonyl (C=O) groups is 1. The van der Waals surface area contributed by atoms with E-state index in [-0.39, 0.29) is 5.91 Å². The van der Waals surface area contributed by atoms with Gasteiger partial charge in [0.25, 0.3) is 0 Å². The monoisotopic (exact) mass is 410 g/mol. The smallest absolute Gasteiger partial charge is 0.221 e. The molecular weight excluding hydrogens is 376 g/mol. The lowest BCUT2D eigenvalue weighted by Gasteiger charge is -2.14. The van der Waals surface area contributed by atoms with Crippen LogP contribution in [0.4, 0.5) is 5.69 Å². The Morgan fingerprint density at radius 3 is 2.37 bits per heavy atom. The average Bonchev–Trinajstić information content (AvgIpc) is 2.74. The maximum absolute atomic E-state index is 11.1. The molecule has 1 unspecified atom stereocenters. The Morgan fingerprint density at radius 1 is 1.07 bits per heavy atom. The summed E-state index contributed by atoms with van der Waals surface area (Å²) >= 11 is 0. The summed E-state index contributed by atoms with van der Waals surface area (Å²) in [5.41, 5.74) is 3.33. The van der Waals surface area contributed by atoms with E-state index in [0.29, 0.717) is 5.92 Å². The van der Waals surface area contributed by atoms with Gasteiger partial charge in [0.2, 0.25) is 5.91 Å². The molecule has 0 aliphatic carbocycles. The molecule has 0 bridgehead atoms. The molecule has 0 spiro atoms. The zero-order chi connectivity index (χ0) is 21.8. The normalized spacial score (nSPS) is 12.2. The van der Waals surface area contributed by atoms with E-state index >= 15 is 0 Å². The van der Waals surface area contributed by atoms with Crippen molar-refractivity contribution < 1.29 is 9.53 Å². The van der Waals surface area contributed by atoms with Crippen LogP contribution in [0.5, 0.6) is 5.75 Å². The molecule has 0 saturated carbocycles. The molecule has 162 valence electrons. The molecule has 2 aromatic rings. The Balaban J connectivity index is 1.79. The highest BCUT2D eigenvalue weighted by Crippen LogP contribution is 2.21. The summed E-state index contributed by atoms with van der Waals surface area (Å²) in [6, 6.07) is 16.2. The van der Waals surface area contributed by atoms with Gasteiger partial charge in [0, 0.05) is 32.2 Å². The van der Waals surface area contributed by atoms with Crippen molar-refractivity contribution in [1.82, 2.24) is 10.6 Å². The molecule has 0 aromatic heterocycles. The number of rotatable bonds is 10. The molecule has 1 amide bonds. The van der Waals surface area contributed by atoms with Gasteiger partial charge in [-0.15, -0.1) is 0 Å². The molecule has 1 atom stereocenters. The predicted molar refractivity (Wildman–Crippen MR) is 124 cm³/mol. The first-order valence-electron chi connectivity index (χ1n) is 10.5. The van der Waals surface area contributed by atoms with Crippen molar-refractivity contribution in [3.05, 3.63) is 59.7 Å². The van der Waals surface area contributed by atoms with Gasteiger partial charge in [0.15, 0.2) is 5.96 Å². The molecule has 6 nitrogen and oxygen atoms in total. The van der Waals surface area contributed by atoms with Gasteiger partial charge in [-0.05, 0) is 61.1 Å². The number of hydrogen-bond donors (Lipinski definition) is 3. The van der Waals surface area contributed by atoms with Crippen molar-refractivity contribution in [2.75, 3.05) is 32.1 Å². The Hall–Kier alpha value is -3.02. The standard InChI is InChI=1S/C24H34N4O2/c1-5-25-24(26-16-14-18(2)21-8-12-23(30-4)13-9-21)27-17-15-20-6-10-22(11-7-20)28-19(3)29/h6-13,18H,5,14-17H2,1-4H3,(H,28,29)(H2,25,26,27). The molecule has 0 fully saturated rings. The van der Waals surface area contributed by atoms with Gasteiger partial charge >= 0.3 is 0 Å². The van der Waals surface area contributed by atoms with Crippen LogP contribution in [0.1, 0.15) is 44.2 Å². The SMILES string of the molecule is CCNC(=NCCC(C)c1ccc(OC)cc1)NCCc1ccc(NC(C)=O)cc1. The third-order valence-electron chi connectivity index (χ3n) is 4.84. The van der Waals surface area contributed by atoms with Crippen LogP contribution in [-0.2, 0) is 11.2 Å². The van der Waals surface area contributed by atoms with E-state index < -0.39 is 0 Å².